The van der Waals surface area contributed by atoms with E-state index in [2.05, 4.69) is 16.0 Å². The van der Waals surface area contributed by atoms with E-state index in [1.165, 1.54) is 36.4 Å². The Kier molecular flexibility index (Phi) is 13.2. The lowest BCUT2D eigenvalue weighted by molar-refractivity contribution is -0.143. The summed E-state index contributed by atoms with van der Waals surface area (Å²) < 4.78 is 0. The van der Waals surface area contributed by atoms with Crippen LogP contribution in [0.15, 0.2) is 48.5 Å². The fourth-order valence-corrected chi connectivity index (χ4v) is 4.01. The van der Waals surface area contributed by atoms with E-state index in [9.17, 15) is 44.4 Å². The van der Waals surface area contributed by atoms with Gasteiger partial charge < -0.3 is 47.8 Å². The van der Waals surface area contributed by atoms with Gasteiger partial charge in [0.2, 0.25) is 17.7 Å². The highest BCUT2D eigenvalue weighted by Crippen LogP contribution is 2.13. The lowest BCUT2D eigenvalue weighted by Crippen LogP contribution is -2.58. The van der Waals surface area contributed by atoms with Gasteiger partial charge in [-0.25, -0.2) is 4.79 Å². The highest BCUT2D eigenvalue weighted by molar-refractivity contribution is 5.95. The zero-order valence-corrected chi connectivity index (χ0v) is 22.9. The Hall–Kier alpha value is -4.69. The molecule has 4 unspecified atom stereocenters. The second-order valence-corrected chi connectivity index (χ2v) is 9.75. The molecular formula is C28H37N5O9. The number of nitrogens with one attached hydrogen (secondary N) is 3. The predicted octanol–water partition coefficient (Wildman–Crippen LogP) is -0.647. The van der Waals surface area contributed by atoms with E-state index in [4.69, 9.17) is 11.5 Å². The lowest BCUT2D eigenvalue weighted by Gasteiger charge is -2.25. The number of carboxylic acids is 2. The largest absolute Gasteiger partial charge is 0.508 e. The number of hydrogen-bond acceptors (Lipinski definition) is 9. The summed E-state index contributed by atoms with van der Waals surface area (Å²) in [6, 6.07) is 6.23. The summed E-state index contributed by atoms with van der Waals surface area (Å²) in [5.74, 6) is -5.39. The molecule has 42 heavy (non-hydrogen) atoms. The summed E-state index contributed by atoms with van der Waals surface area (Å²) in [5, 5.41) is 45.1. The smallest absolute Gasteiger partial charge is 0.326 e. The first-order valence-corrected chi connectivity index (χ1v) is 13.3. The van der Waals surface area contributed by atoms with Crippen LogP contribution >= 0.6 is 0 Å². The van der Waals surface area contributed by atoms with E-state index in [0.717, 1.165) is 0 Å². The average Bonchev–Trinajstić information content (AvgIpc) is 2.93. The number of unbranched alkanes of at least 4 members (excludes halogenated alkanes) is 1. The molecule has 0 aliphatic rings. The number of aliphatic carboxylic acids is 2. The molecule has 0 spiro atoms. The van der Waals surface area contributed by atoms with Crippen molar-refractivity contribution in [3.8, 4) is 11.5 Å². The monoisotopic (exact) mass is 587 g/mol. The molecule has 2 rings (SSSR count). The van der Waals surface area contributed by atoms with Gasteiger partial charge in [-0.05, 0) is 67.6 Å². The first-order valence-electron chi connectivity index (χ1n) is 13.3. The van der Waals surface area contributed by atoms with Crippen molar-refractivity contribution in [2.24, 2.45) is 11.5 Å². The molecule has 0 bridgehead atoms. The quantitative estimate of drug-likeness (QED) is 0.105. The van der Waals surface area contributed by atoms with E-state index in [0.29, 0.717) is 30.5 Å². The number of rotatable bonds is 17. The fourth-order valence-electron chi connectivity index (χ4n) is 4.01. The molecule has 0 saturated heterocycles. The van der Waals surface area contributed by atoms with Crippen molar-refractivity contribution in [2.75, 3.05) is 6.54 Å². The van der Waals surface area contributed by atoms with Crippen molar-refractivity contribution in [1.29, 1.82) is 0 Å². The highest BCUT2D eigenvalue weighted by Gasteiger charge is 2.31. The van der Waals surface area contributed by atoms with Crippen LogP contribution in [0.25, 0.3) is 0 Å². The van der Waals surface area contributed by atoms with Crippen molar-refractivity contribution in [1.82, 2.24) is 16.0 Å². The van der Waals surface area contributed by atoms with Crippen LogP contribution in [0.4, 0.5) is 0 Å². The maximum Gasteiger partial charge on any atom is 0.326 e. The summed E-state index contributed by atoms with van der Waals surface area (Å²) in [4.78, 5) is 62.4. The van der Waals surface area contributed by atoms with Crippen LogP contribution in [0.1, 0.15) is 36.8 Å². The Labute approximate surface area is 242 Å². The maximum absolute atomic E-state index is 13.2. The van der Waals surface area contributed by atoms with Crippen molar-refractivity contribution in [3.05, 3.63) is 59.7 Å². The first-order chi connectivity index (χ1) is 19.9. The van der Waals surface area contributed by atoms with Gasteiger partial charge >= 0.3 is 11.9 Å². The number of hydrogen-bond donors (Lipinski definition) is 9. The summed E-state index contributed by atoms with van der Waals surface area (Å²) in [6.45, 7) is 0.342. The predicted molar refractivity (Wildman–Crippen MR) is 150 cm³/mol. The Balaban J connectivity index is 2.21. The zero-order valence-electron chi connectivity index (χ0n) is 22.9. The third-order valence-electron chi connectivity index (χ3n) is 6.31. The van der Waals surface area contributed by atoms with Crippen molar-refractivity contribution in [2.45, 2.75) is 62.7 Å². The van der Waals surface area contributed by atoms with Crippen molar-refractivity contribution >= 4 is 29.7 Å². The summed E-state index contributed by atoms with van der Waals surface area (Å²) in [5.41, 5.74) is 12.5. The third kappa shape index (κ3) is 11.4. The maximum atomic E-state index is 13.2. The van der Waals surface area contributed by atoms with Crippen LogP contribution in [-0.4, -0.2) is 80.8 Å². The van der Waals surface area contributed by atoms with E-state index >= 15 is 0 Å². The minimum Gasteiger partial charge on any atom is -0.508 e. The van der Waals surface area contributed by atoms with Gasteiger partial charge in [0.1, 0.15) is 29.6 Å². The molecule has 4 atom stereocenters. The molecule has 14 heteroatoms. The van der Waals surface area contributed by atoms with Crippen LogP contribution in [0, 0.1) is 0 Å². The van der Waals surface area contributed by atoms with Crippen molar-refractivity contribution in [3.63, 3.8) is 0 Å². The molecule has 0 saturated carbocycles. The van der Waals surface area contributed by atoms with E-state index < -0.39 is 60.2 Å². The molecule has 0 aliphatic heterocycles. The van der Waals surface area contributed by atoms with E-state index in [1.807, 2.05) is 0 Å². The van der Waals surface area contributed by atoms with Gasteiger partial charge in [-0.1, -0.05) is 24.3 Å². The Morgan fingerprint density at radius 2 is 1.14 bits per heavy atom. The standard InChI is InChI=1S/C28H37N5O9/c29-12-2-1-3-21(28(41)42)31-26(39)22(14-17-6-10-19(35)11-7-17)33-27(40)23(15-24(36)37)32-25(38)20(30)13-16-4-8-18(34)9-5-16/h4-11,20-23,34-35H,1-3,12-15,29-30H2,(H,31,39)(H,32,38)(H,33,40)(H,36,37)(H,41,42). The second-order valence-electron chi connectivity index (χ2n) is 9.75. The molecule has 0 radical (unpaired) electrons. The SMILES string of the molecule is NCCCCC(NC(=O)C(Cc1ccc(O)cc1)NC(=O)C(CC(=O)O)NC(=O)C(N)Cc1ccc(O)cc1)C(=O)O. The lowest BCUT2D eigenvalue weighted by atomic mass is 10.0. The molecule has 0 aromatic heterocycles. The van der Waals surface area contributed by atoms with Gasteiger partial charge in [0.05, 0.1) is 12.5 Å². The fraction of sp³-hybridized carbons (Fsp3) is 0.393. The number of nitrogens with two attached hydrogens (primary N) is 2. The molecule has 3 amide bonds. The van der Waals surface area contributed by atoms with Gasteiger partial charge in [0.25, 0.3) is 0 Å². The Morgan fingerprint density at radius 3 is 1.64 bits per heavy atom. The van der Waals surface area contributed by atoms with Gasteiger partial charge in [0, 0.05) is 6.42 Å². The van der Waals surface area contributed by atoms with E-state index in [-0.39, 0.29) is 30.8 Å². The molecule has 2 aromatic carbocycles. The Bertz CT molecular complexity index is 1220. The summed E-state index contributed by atoms with van der Waals surface area (Å²) >= 11 is 0. The van der Waals surface area contributed by atoms with Crippen LogP contribution in [0.5, 0.6) is 11.5 Å². The molecule has 14 nitrogen and oxygen atoms in total. The third-order valence-corrected chi connectivity index (χ3v) is 6.31. The highest BCUT2D eigenvalue weighted by atomic mass is 16.4. The normalized spacial score (nSPS) is 13.7. The van der Waals surface area contributed by atoms with Crippen LogP contribution in [0.3, 0.4) is 0 Å². The minimum atomic E-state index is -1.61. The molecule has 228 valence electrons. The van der Waals surface area contributed by atoms with Crippen molar-refractivity contribution < 1.29 is 44.4 Å². The number of carbonyl (C=O) groups is 5. The minimum absolute atomic E-state index is 0.0195. The Morgan fingerprint density at radius 1 is 0.667 bits per heavy atom. The summed E-state index contributed by atoms with van der Waals surface area (Å²) in [7, 11) is 0. The van der Waals surface area contributed by atoms with Gasteiger partial charge in [-0.3, -0.25) is 19.2 Å². The second kappa shape index (κ2) is 16.5. The van der Waals surface area contributed by atoms with Gasteiger partial charge in [0.15, 0.2) is 0 Å². The number of phenolic OH excluding ortho intramolecular Hbond substituents is 2. The number of phenols is 2. The molecular weight excluding hydrogens is 550 g/mol. The molecule has 0 fully saturated rings. The van der Waals surface area contributed by atoms with Gasteiger partial charge in [-0.15, -0.1) is 0 Å². The molecule has 0 heterocycles. The molecule has 11 N–H and O–H groups in total. The van der Waals surface area contributed by atoms with E-state index in [1.54, 1.807) is 12.1 Å². The number of carboxylic acid groups (broad SMARTS) is 2. The van der Waals surface area contributed by atoms with Crippen LogP contribution < -0.4 is 27.4 Å². The number of amides is 3. The zero-order chi connectivity index (χ0) is 31.2. The average molecular weight is 588 g/mol. The number of benzene rings is 2. The van der Waals surface area contributed by atoms with Crippen LogP contribution in [-0.2, 0) is 36.8 Å². The number of carbonyl (C=O) groups excluding carboxylic acids is 3. The number of aromatic hydroxyl groups is 2. The summed E-state index contributed by atoms with van der Waals surface area (Å²) in [6.07, 6.45) is 0.127. The van der Waals surface area contributed by atoms with Crippen LogP contribution in [0.2, 0.25) is 0 Å². The molecule has 2 aromatic rings. The van der Waals surface area contributed by atoms with Gasteiger partial charge in [-0.2, -0.15) is 0 Å². The first kappa shape index (κ1) is 33.5. The molecule has 0 aliphatic carbocycles. The topological polar surface area (TPSA) is 254 Å².